The highest BCUT2D eigenvalue weighted by Gasteiger charge is 2.28. The molecule has 3 heteroatoms. The lowest BCUT2D eigenvalue weighted by Crippen LogP contribution is -2.33. The summed E-state index contributed by atoms with van der Waals surface area (Å²) < 4.78 is 10.6. The fraction of sp³-hybridized carbons (Fsp3) is 0.556. The summed E-state index contributed by atoms with van der Waals surface area (Å²) in [4.78, 5) is 0. The SMILES string of the molecule is CCOC1(OC)C=CC(O)=CC1. The first-order chi connectivity index (χ1) is 5.72. The van der Waals surface area contributed by atoms with Crippen LogP contribution < -0.4 is 0 Å². The van der Waals surface area contributed by atoms with E-state index < -0.39 is 5.79 Å². The summed E-state index contributed by atoms with van der Waals surface area (Å²) in [6.45, 7) is 2.50. The van der Waals surface area contributed by atoms with Crippen molar-refractivity contribution in [3.05, 3.63) is 24.0 Å². The van der Waals surface area contributed by atoms with Crippen molar-refractivity contribution in [3.63, 3.8) is 0 Å². The minimum atomic E-state index is -0.666. The van der Waals surface area contributed by atoms with Crippen LogP contribution >= 0.6 is 0 Å². The molecule has 0 radical (unpaired) electrons. The summed E-state index contributed by atoms with van der Waals surface area (Å²) in [6, 6.07) is 0. The highest BCUT2D eigenvalue weighted by molar-refractivity contribution is 5.20. The molecule has 0 heterocycles. The van der Waals surface area contributed by atoms with Gasteiger partial charge < -0.3 is 14.6 Å². The Labute approximate surface area is 72.3 Å². The van der Waals surface area contributed by atoms with Gasteiger partial charge in [0.2, 0.25) is 0 Å². The molecule has 1 atom stereocenters. The third-order valence-electron chi connectivity index (χ3n) is 1.84. The van der Waals surface area contributed by atoms with E-state index >= 15 is 0 Å². The number of allylic oxidation sites excluding steroid dienone is 1. The number of rotatable bonds is 3. The molecule has 0 aromatic rings. The fourth-order valence-electron chi connectivity index (χ4n) is 1.16. The lowest BCUT2D eigenvalue weighted by Gasteiger charge is -2.29. The molecule has 1 unspecified atom stereocenters. The van der Waals surface area contributed by atoms with Gasteiger partial charge in [-0.25, -0.2) is 0 Å². The molecule has 1 rings (SSSR count). The summed E-state index contributed by atoms with van der Waals surface area (Å²) >= 11 is 0. The third kappa shape index (κ3) is 1.87. The second-order valence-corrected chi connectivity index (χ2v) is 2.62. The molecule has 0 saturated carbocycles. The lowest BCUT2D eigenvalue weighted by atomic mass is 10.1. The Morgan fingerprint density at radius 1 is 1.67 bits per heavy atom. The maximum Gasteiger partial charge on any atom is 0.191 e. The van der Waals surface area contributed by atoms with Gasteiger partial charge in [0.05, 0.1) is 0 Å². The van der Waals surface area contributed by atoms with Crippen LogP contribution in [0.5, 0.6) is 0 Å². The second kappa shape index (κ2) is 3.74. The van der Waals surface area contributed by atoms with Crippen LogP contribution in [0.2, 0.25) is 0 Å². The zero-order valence-electron chi connectivity index (χ0n) is 7.41. The van der Waals surface area contributed by atoms with Crippen LogP contribution in [0.15, 0.2) is 24.0 Å². The van der Waals surface area contributed by atoms with Gasteiger partial charge in [0, 0.05) is 20.1 Å². The molecule has 0 amide bonds. The average Bonchev–Trinajstić information content (AvgIpc) is 2.10. The van der Waals surface area contributed by atoms with Gasteiger partial charge >= 0.3 is 0 Å². The molecule has 0 aliphatic heterocycles. The predicted molar refractivity (Wildman–Crippen MR) is 45.8 cm³/mol. The topological polar surface area (TPSA) is 38.7 Å². The first-order valence-electron chi connectivity index (χ1n) is 4.00. The van der Waals surface area contributed by atoms with E-state index in [2.05, 4.69) is 0 Å². The maximum atomic E-state index is 9.07. The molecule has 1 aliphatic rings. The van der Waals surface area contributed by atoms with Crippen molar-refractivity contribution in [1.29, 1.82) is 0 Å². The number of hydrogen-bond donors (Lipinski definition) is 1. The van der Waals surface area contributed by atoms with Crippen molar-refractivity contribution in [3.8, 4) is 0 Å². The number of aliphatic hydroxyl groups excluding tert-OH is 1. The molecule has 0 aromatic heterocycles. The van der Waals surface area contributed by atoms with Crippen molar-refractivity contribution in [2.24, 2.45) is 0 Å². The third-order valence-corrected chi connectivity index (χ3v) is 1.84. The van der Waals surface area contributed by atoms with E-state index in [1.165, 1.54) is 0 Å². The summed E-state index contributed by atoms with van der Waals surface area (Å²) in [7, 11) is 1.59. The zero-order chi connectivity index (χ0) is 9.03. The fourth-order valence-corrected chi connectivity index (χ4v) is 1.16. The van der Waals surface area contributed by atoms with Gasteiger partial charge in [-0.3, -0.25) is 0 Å². The van der Waals surface area contributed by atoms with Crippen LogP contribution in [0.25, 0.3) is 0 Å². The lowest BCUT2D eigenvalue weighted by molar-refractivity contribution is -0.183. The Hall–Kier alpha value is -0.800. The molecule has 0 saturated heterocycles. The largest absolute Gasteiger partial charge is 0.508 e. The summed E-state index contributed by atoms with van der Waals surface area (Å²) in [5.74, 6) is -0.400. The Bertz CT molecular complexity index is 208. The molecule has 3 nitrogen and oxygen atoms in total. The monoisotopic (exact) mass is 170 g/mol. The number of methoxy groups -OCH3 is 1. The molecule has 0 spiro atoms. The maximum absolute atomic E-state index is 9.07. The first kappa shape index (κ1) is 9.29. The smallest absolute Gasteiger partial charge is 0.191 e. The quantitative estimate of drug-likeness (QED) is 0.656. The molecule has 68 valence electrons. The number of ether oxygens (including phenoxy) is 2. The molecule has 12 heavy (non-hydrogen) atoms. The predicted octanol–water partition coefficient (Wildman–Crippen LogP) is 1.77. The molecule has 0 bridgehead atoms. The van der Waals surface area contributed by atoms with Gasteiger partial charge in [0.1, 0.15) is 5.76 Å². The standard InChI is InChI=1S/C9H14O3/c1-3-12-9(11-2)6-4-8(10)5-7-9/h4-6,10H,3,7H2,1-2H3. The van der Waals surface area contributed by atoms with Crippen molar-refractivity contribution in [2.45, 2.75) is 19.1 Å². The van der Waals surface area contributed by atoms with E-state index in [0.29, 0.717) is 13.0 Å². The molecule has 1 aliphatic carbocycles. The van der Waals surface area contributed by atoms with E-state index in [-0.39, 0.29) is 5.76 Å². The van der Waals surface area contributed by atoms with E-state index in [4.69, 9.17) is 14.6 Å². The van der Waals surface area contributed by atoms with E-state index in [9.17, 15) is 0 Å². The molecule has 1 N–H and O–H groups in total. The minimum absolute atomic E-state index is 0.266. The average molecular weight is 170 g/mol. The van der Waals surface area contributed by atoms with Crippen molar-refractivity contribution in [2.75, 3.05) is 13.7 Å². The Morgan fingerprint density at radius 3 is 2.83 bits per heavy atom. The number of aliphatic hydroxyl groups is 1. The Balaban J connectivity index is 2.66. The van der Waals surface area contributed by atoms with Crippen molar-refractivity contribution < 1.29 is 14.6 Å². The van der Waals surface area contributed by atoms with Gasteiger partial charge in [-0.1, -0.05) is 0 Å². The van der Waals surface area contributed by atoms with Crippen LogP contribution in [0.1, 0.15) is 13.3 Å². The van der Waals surface area contributed by atoms with Gasteiger partial charge in [0.25, 0.3) is 0 Å². The van der Waals surface area contributed by atoms with E-state index in [1.54, 1.807) is 25.3 Å². The van der Waals surface area contributed by atoms with Gasteiger partial charge in [-0.2, -0.15) is 0 Å². The molecule has 0 aromatic carbocycles. The van der Waals surface area contributed by atoms with Crippen LogP contribution in [0.3, 0.4) is 0 Å². The van der Waals surface area contributed by atoms with Crippen LogP contribution in [-0.2, 0) is 9.47 Å². The number of hydrogen-bond acceptors (Lipinski definition) is 3. The molecular formula is C9H14O3. The van der Waals surface area contributed by atoms with Crippen LogP contribution in [-0.4, -0.2) is 24.6 Å². The summed E-state index contributed by atoms with van der Waals surface area (Å²) in [5.41, 5.74) is 0. The van der Waals surface area contributed by atoms with Crippen molar-refractivity contribution in [1.82, 2.24) is 0 Å². The second-order valence-electron chi connectivity index (χ2n) is 2.62. The van der Waals surface area contributed by atoms with Gasteiger partial charge in [-0.05, 0) is 25.2 Å². The normalized spacial score (nSPS) is 28.7. The van der Waals surface area contributed by atoms with Crippen molar-refractivity contribution >= 4 is 0 Å². The van der Waals surface area contributed by atoms with Gasteiger partial charge in [0.15, 0.2) is 5.79 Å². The van der Waals surface area contributed by atoms with E-state index in [0.717, 1.165) is 0 Å². The summed E-state index contributed by atoms with van der Waals surface area (Å²) in [6.07, 6.45) is 5.55. The highest BCUT2D eigenvalue weighted by atomic mass is 16.7. The highest BCUT2D eigenvalue weighted by Crippen LogP contribution is 2.24. The summed E-state index contributed by atoms with van der Waals surface area (Å²) in [5, 5.41) is 9.07. The van der Waals surface area contributed by atoms with E-state index in [1.807, 2.05) is 6.92 Å². The Kier molecular flexibility index (Phi) is 2.89. The minimum Gasteiger partial charge on any atom is -0.508 e. The van der Waals surface area contributed by atoms with Gasteiger partial charge in [-0.15, -0.1) is 0 Å². The first-order valence-corrected chi connectivity index (χ1v) is 4.00. The molecule has 0 fully saturated rings. The Morgan fingerprint density at radius 2 is 2.42 bits per heavy atom. The molecular weight excluding hydrogens is 156 g/mol. The van der Waals surface area contributed by atoms with Crippen LogP contribution in [0.4, 0.5) is 0 Å². The van der Waals surface area contributed by atoms with Crippen LogP contribution in [0, 0.1) is 0 Å². The zero-order valence-corrected chi connectivity index (χ0v) is 7.41.